The smallest absolute Gasteiger partial charge is 0.308 e. The predicted octanol–water partition coefficient (Wildman–Crippen LogP) is 6.30. The van der Waals surface area contributed by atoms with Gasteiger partial charge in [0.2, 0.25) is 6.29 Å². The van der Waals surface area contributed by atoms with Crippen LogP contribution in [0.3, 0.4) is 0 Å². The Bertz CT molecular complexity index is 289. The van der Waals surface area contributed by atoms with E-state index < -0.39 is 6.29 Å². The van der Waals surface area contributed by atoms with E-state index >= 15 is 0 Å². The van der Waals surface area contributed by atoms with Gasteiger partial charge in [0.1, 0.15) is 0 Å². The largest absolute Gasteiger partial charge is 0.432 e. The van der Waals surface area contributed by atoms with Gasteiger partial charge < -0.3 is 9.84 Å². The molecule has 1 atom stereocenters. The summed E-state index contributed by atoms with van der Waals surface area (Å²) in [6, 6.07) is 0. The summed E-state index contributed by atoms with van der Waals surface area (Å²) in [6.45, 7) is 5.63. The second-order valence-electron chi connectivity index (χ2n) is 6.82. The Labute approximate surface area is 149 Å². The lowest BCUT2D eigenvalue weighted by Gasteiger charge is -2.07. The van der Waals surface area contributed by atoms with Crippen LogP contribution in [-0.4, -0.2) is 17.4 Å². The van der Waals surface area contributed by atoms with Crippen molar-refractivity contribution in [3.05, 3.63) is 12.7 Å². The molecular weight excluding hydrogens is 300 g/mol. The van der Waals surface area contributed by atoms with Crippen molar-refractivity contribution >= 4 is 5.97 Å². The average molecular weight is 341 g/mol. The lowest BCUT2D eigenvalue weighted by molar-refractivity contribution is -0.160. The fraction of sp³-hybridized carbons (Fsp3) is 0.857. The van der Waals surface area contributed by atoms with Crippen molar-refractivity contribution in [1.82, 2.24) is 0 Å². The van der Waals surface area contributed by atoms with E-state index in [9.17, 15) is 4.79 Å². The van der Waals surface area contributed by atoms with E-state index in [-0.39, 0.29) is 5.97 Å². The highest BCUT2D eigenvalue weighted by Gasteiger charge is 2.06. The Morgan fingerprint density at radius 2 is 1.21 bits per heavy atom. The van der Waals surface area contributed by atoms with E-state index in [1.165, 1.54) is 89.5 Å². The average Bonchev–Trinajstić information content (AvgIpc) is 2.58. The van der Waals surface area contributed by atoms with Gasteiger partial charge in [0, 0.05) is 6.42 Å². The molecule has 0 rings (SSSR count). The van der Waals surface area contributed by atoms with E-state index in [1.54, 1.807) is 0 Å². The molecule has 0 fully saturated rings. The summed E-state index contributed by atoms with van der Waals surface area (Å²) in [4.78, 5) is 11.3. The molecule has 0 aromatic rings. The SMILES string of the molecule is C=CC(O)OC(=O)CCCCCCCCCCCCCCCCC. The van der Waals surface area contributed by atoms with Gasteiger partial charge in [-0.2, -0.15) is 0 Å². The molecule has 1 N–H and O–H groups in total. The van der Waals surface area contributed by atoms with Crippen molar-refractivity contribution in [3.8, 4) is 0 Å². The monoisotopic (exact) mass is 340 g/mol. The van der Waals surface area contributed by atoms with Crippen molar-refractivity contribution in [3.63, 3.8) is 0 Å². The maximum absolute atomic E-state index is 11.3. The van der Waals surface area contributed by atoms with E-state index in [0.717, 1.165) is 12.8 Å². The van der Waals surface area contributed by atoms with Crippen LogP contribution in [-0.2, 0) is 9.53 Å². The molecule has 0 radical (unpaired) electrons. The molecule has 0 aromatic carbocycles. The van der Waals surface area contributed by atoms with Crippen LogP contribution in [0.5, 0.6) is 0 Å². The van der Waals surface area contributed by atoms with Gasteiger partial charge in [-0.1, -0.05) is 103 Å². The number of aliphatic hydroxyl groups is 1. The molecule has 142 valence electrons. The number of rotatable bonds is 18. The number of carbonyl (C=O) groups is 1. The molecule has 3 heteroatoms. The third-order valence-corrected chi connectivity index (χ3v) is 4.44. The van der Waals surface area contributed by atoms with E-state index in [2.05, 4.69) is 13.5 Å². The topological polar surface area (TPSA) is 46.5 Å². The van der Waals surface area contributed by atoms with Gasteiger partial charge in [-0.05, 0) is 12.5 Å². The van der Waals surface area contributed by atoms with Crippen LogP contribution in [0.4, 0.5) is 0 Å². The number of ether oxygens (including phenoxy) is 1. The summed E-state index contributed by atoms with van der Waals surface area (Å²) >= 11 is 0. The molecule has 0 aliphatic heterocycles. The Hall–Kier alpha value is -0.830. The molecule has 0 amide bonds. The number of hydrogen-bond donors (Lipinski definition) is 1. The number of esters is 1. The number of aliphatic hydroxyl groups excluding tert-OH is 1. The van der Waals surface area contributed by atoms with E-state index in [4.69, 9.17) is 9.84 Å². The Morgan fingerprint density at radius 1 is 0.833 bits per heavy atom. The molecule has 1 unspecified atom stereocenters. The minimum Gasteiger partial charge on any atom is -0.432 e. The Balaban J connectivity index is 3.12. The first-order valence-electron chi connectivity index (χ1n) is 10.2. The van der Waals surface area contributed by atoms with Gasteiger partial charge in [-0.15, -0.1) is 0 Å². The number of hydrogen-bond acceptors (Lipinski definition) is 3. The van der Waals surface area contributed by atoms with Crippen LogP contribution >= 0.6 is 0 Å². The first kappa shape index (κ1) is 23.2. The number of carbonyl (C=O) groups excluding carboxylic acids is 1. The van der Waals surface area contributed by atoms with Crippen molar-refractivity contribution in [2.45, 2.75) is 116 Å². The van der Waals surface area contributed by atoms with Crippen molar-refractivity contribution in [2.75, 3.05) is 0 Å². The molecule has 0 spiro atoms. The number of unbranched alkanes of at least 4 members (excludes halogenated alkanes) is 14. The first-order chi connectivity index (χ1) is 11.7. The Morgan fingerprint density at radius 3 is 1.58 bits per heavy atom. The fourth-order valence-electron chi connectivity index (χ4n) is 2.88. The summed E-state index contributed by atoms with van der Waals surface area (Å²) in [7, 11) is 0. The van der Waals surface area contributed by atoms with Gasteiger partial charge >= 0.3 is 5.97 Å². The highest BCUT2D eigenvalue weighted by Crippen LogP contribution is 2.13. The highest BCUT2D eigenvalue weighted by molar-refractivity contribution is 5.69. The van der Waals surface area contributed by atoms with Crippen molar-refractivity contribution < 1.29 is 14.6 Å². The standard InChI is InChI=1S/C21H40O3/c1-3-5-6-7-8-9-10-11-12-13-14-15-16-17-18-19-21(23)24-20(22)4-2/h4,20,22H,2-3,5-19H2,1H3. The zero-order chi connectivity index (χ0) is 17.9. The van der Waals surface area contributed by atoms with Crippen LogP contribution in [0.1, 0.15) is 110 Å². The van der Waals surface area contributed by atoms with Crippen molar-refractivity contribution in [2.24, 2.45) is 0 Å². The van der Waals surface area contributed by atoms with Gasteiger partial charge in [-0.3, -0.25) is 4.79 Å². The molecule has 0 aliphatic rings. The van der Waals surface area contributed by atoms with E-state index in [0.29, 0.717) is 6.42 Å². The Kier molecular flexibility index (Phi) is 17.9. The lowest BCUT2D eigenvalue weighted by atomic mass is 10.0. The van der Waals surface area contributed by atoms with Crippen LogP contribution in [0.15, 0.2) is 12.7 Å². The molecule has 0 heterocycles. The maximum atomic E-state index is 11.3. The molecule has 24 heavy (non-hydrogen) atoms. The lowest BCUT2D eigenvalue weighted by Crippen LogP contribution is -2.14. The maximum Gasteiger partial charge on any atom is 0.308 e. The van der Waals surface area contributed by atoms with Gasteiger partial charge in [0.25, 0.3) is 0 Å². The van der Waals surface area contributed by atoms with E-state index in [1.807, 2.05) is 0 Å². The molecule has 0 bridgehead atoms. The molecule has 0 saturated heterocycles. The normalized spacial score (nSPS) is 12.1. The van der Waals surface area contributed by atoms with Crippen LogP contribution in [0.2, 0.25) is 0 Å². The summed E-state index contributed by atoms with van der Waals surface area (Å²) in [5.74, 6) is -0.336. The fourth-order valence-corrected chi connectivity index (χ4v) is 2.88. The summed E-state index contributed by atoms with van der Waals surface area (Å²) < 4.78 is 4.72. The van der Waals surface area contributed by atoms with Crippen molar-refractivity contribution in [1.29, 1.82) is 0 Å². The second-order valence-corrected chi connectivity index (χ2v) is 6.82. The first-order valence-corrected chi connectivity index (χ1v) is 10.2. The van der Waals surface area contributed by atoms with Gasteiger partial charge in [0.15, 0.2) is 0 Å². The van der Waals surface area contributed by atoms with Crippen LogP contribution in [0, 0.1) is 0 Å². The quantitative estimate of drug-likeness (QED) is 0.138. The third-order valence-electron chi connectivity index (χ3n) is 4.44. The summed E-state index contributed by atoms with van der Waals surface area (Å²) in [5.41, 5.74) is 0. The molecule has 0 saturated carbocycles. The van der Waals surface area contributed by atoms with Crippen LogP contribution in [0.25, 0.3) is 0 Å². The summed E-state index contributed by atoms with van der Waals surface area (Å²) in [5, 5.41) is 9.09. The predicted molar refractivity (Wildman–Crippen MR) is 102 cm³/mol. The third kappa shape index (κ3) is 17.5. The zero-order valence-electron chi connectivity index (χ0n) is 15.9. The second kappa shape index (κ2) is 18.5. The molecular formula is C21H40O3. The van der Waals surface area contributed by atoms with Gasteiger partial charge in [0.05, 0.1) is 0 Å². The minimum atomic E-state index is -1.16. The molecule has 0 aliphatic carbocycles. The molecule has 0 aromatic heterocycles. The van der Waals surface area contributed by atoms with Gasteiger partial charge in [-0.25, -0.2) is 0 Å². The molecule has 3 nitrogen and oxygen atoms in total. The zero-order valence-corrected chi connectivity index (χ0v) is 15.9. The summed E-state index contributed by atoms with van der Waals surface area (Å²) in [6.07, 6.45) is 20.1. The van der Waals surface area contributed by atoms with Crippen LogP contribution < -0.4 is 0 Å². The highest BCUT2D eigenvalue weighted by atomic mass is 16.6. The minimum absolute atomic E-state index is 0.336.